The smallest absolute Gasteiger partial charge is 0.315 e. The van der Waals surface area contributed by atoms with Crippen LogP contribution in [0.25, 0.3) is 0 Å². The lowest BCUT2D eigenvalue weighted by Crippen LogP contribution is -2.95. The number of nitrogens with zero attached hydrogens (tertiary/aromatic N) is 1. The zero-order valence-electron chi connectivity index (χ0n) is 22.0. The van der Waals surface area contributed by atoms with Crippen LogP contribution in [0.5, 0.6) is 0 Å². The Hall–Kier alpha value is -2.56. The standard InChI is InChI=1S/C28H33NO8/c1-23(2)34-26(5)25(4)24(3,32)28(36-25,37-27(26,6)35-23)16-33-22(31)18-14-15-29-19(18)12-13-20(29)21(30)17-10-8-7-9-11-17/h7-13,18,32H,14-16H2,1-6H3/t18-,24+,25+,26?,27-,28?/m0/s1. The topological polar surface area (TPSA) is 105 Å². The van der Waals surface area contributed by atoms with Crippen molar-refractivity contribution < 1.29 is 38.4 Å². The third-order valence-electron chi connectivity index (χ3n) is 9.04. The first kappa shape index (κ1) is 24.8. The van der Waals surface area contributed by atoms with E-state index in [1.54, 1.807) is 65.8 Å². The van der Waals surface area contributed by atoms with Crippen LogP contribution in [0.2, 0.25) is 0 Å². The molecule has 9 heteroatoms. The minimum absolute atomic E-state index is 0.0911. The summed E-state index contributed by atoms with van der Waals surface area (Å²) < 4.78 is 32.4. The number of carbonyl (C=O) groups is 2. The molecule has 1 aromatic carbocycles. The lowest BCUT2D eigenvalue weighted by Gasteiger charge is -2.74. The number of fused-ring (bicyclic) bond motifs is 1. The second-order valence-electron chi connectivity index (χ2n) is 11.6. The number of esters is 1. The molecule has 1 aromatic heterocycles. The van der Waals surface area contributed by atoms with Gasteiger partial charge in [-0.3, -0.25) is 9.59 Å². The van der Waals surface area contributed by atoms with E-state index >= 15 is 0 Å². The number of hydrogen-bond donors (Lipinski definition) is 1. The number of aliphatic hydroxyl groups is 1. The summed E-state index contributed by atoms with van der Waals surface area (Å²) in [5.74, 6) is -4.93. The van der Waals surface area contributed by atoms with Gasteiger partial charge in [0, 0.05) is 17.8 Å². The van der Waals surface area contributed by atoms with Crippen molar-refractivity contribution in [2.24, 2.45) is 0 Å². The van der Waals surface area contributed by atoms with Crippen molar-refractivity contribution in [1.29, 1.82) is 0 Å². The molecule has 1 N–H and O–H groups in total. The molecule has 6 atom stereocenters. The Labute approximate surface area is 215 Å². The molecule has 2 bridgehead atoms. The van der Waals surface area contributed by atoms with Crippen LogP contribution in [0, 0.1) is 0 Å². The van der Waals surface area contributed by atoms with E-state index in [-0.39, 0.29) is 12.4 Å². The normalized spacial score (nSPS) is 41.0. The highest BCUT2D eigenvalue weighted by Gasteiger charge is 2.90. The summed E-state index contributed by atoms with van der Waals surface area (Å²) in [5, 5.41) is 11.6. The Kier molecular flexibility index (Phi) is 4.88. The third-order valence-corrected chi connectivity index (χ3v) is 9.04. The maximum absolute atomic E-state index is 13.3. The molecular weight excluding hydrogens is 478 g/mol. The maximum Gasteiger partial charge on any atom is 0.315 e. The monoisotopic (exact) mass is 511 g/mol. The number of carbonyl (C=O) groups excluding carboxylic acids is 2. The molecule has 5 aliphatic rings. The van der Waals surface area contributed by atoms with Gasteiger partial charge in [-0.25, -0.2) is 0 Å². The number of benzene rings is 1. The average molecular weight is 512 g/mol. The fraction of sp³-hybridized carbons (Fsp3) is 0.571. The van der Waals surface area contributed by atoms with Gasteiger partial charge in [0.15, 0.2) is 17.0 Å². The highest BCUT2D eigenvalue weighted by molar-refractivity contribution is 6.08. The third kappa shape index (κ3) is 2.97. The second-order valence-corrected chi connectivity index (χ2v) is 11.6. The second kappa shape index (κ2) is 7.30. The number of ether oxygens (including phenoxy) is 5. The van der Waals surface area contributed by atoms with Crippen LogP contribution in [0.15, 0.2) is 42.5 Å². The molecule has 198 valence electrons. The number of rotatable bonds is 5. The van der Waals surface area contributed by atoms with Crippen molar-refractivity contribution in [3.05, 3.63) is 59.4 Å². The van der Waals surface area contributed by atoms with Crippen LogP contribution in [0.4, 0.5) is 0 Å². The highest BCUT2D eigenvalue weighted by Crippen LogP contribution is 2.69. The van der Waals surface area contributed by atoms with E-state index in [1.165, 1.54) is 0 Å². The fourth-order valence-corrected chi connectivity index (χ4v) is 6.75. The average Bonchev–Trinajstić information content (AvgIpc) is 3.47. The Balaban J connectivity index is 1.21. The first-order chi connectivity index (χ1) is 17.2. The Morgan fingerprint density at radius 3 is 2.32 bits per heavy atom. The van der Waals surface area contributed by atoms with Gasteiger partial charge in [0.05, 0.1) is 11.6 Å². The molecule has 4 saturated heterocycles. The van der Waals surface area contributed by atoms with Crippen molar-refractivity contribution in [1.82, 2.24) is 4.57 Å². The molecule has 0 radical (unpaired) electrons. The van der Waals surface area contributed by atoms with Crippen LogP contribution in [0.3, 0.4) is 0 Å². The first-order valence-corrected chi connectivity index (χ1v) is 12.7. The Morgan fingerprint density at radius 2 is 1.65 bits per heavy atom. The largest absolute Gasteiger partial charge is 0.459 e. The molecule has 6 heterocycles. The van der Waals surface area contributed by atoms with Crippen molar-refractivity contribution in [3.8, 4) is 0 Å². The zero-order valence-corrected chi connectivity index (χ0v) is 22.0. The molecule has 9 nitrogen and oxygen atoms in total. The number of ketones is 1. The van der Waals surface area contributed by atoms with E-state index in [0.717, 1.165) is 5.69 Å². The number of hydrogen-bond acceptors (Lipinski definition) is 8. The van der Waals surface area contributed by atoms with Crippen molar-refractivity contribution in [2.75, 3.05) is 6.61 Å². The molecule has 5 aliphatic heterocycles. The fourth-order valence-electron chi connectivity index (χ4n) is 6.75. The van der Waals surface area contributed by atoms with Gasteiger partial charge in [-0.2, -0.15) is 0 Å². The molecule has 37 heavy (non-hydrogen) atoms. The molecule has 0 aliphatic carbocycles. The quantitative estimate of drug-likeness (QED) is 0.482. The highest BCUT2D eigenvalue weighted by atomic mass is 16.9. The van der Waals surface area contributed by atoms with Crippen molar-refractivity contribution in [2.45, 2.75) is 94.6 Å². The van der Waals surface area contributed by atoms with E-state index in [2.05, 4.69) is 0 Å². The van der Waals surface area contributed by atoms with Crippen molar-refractivity contribution >= 4 is 11.8 Å². The lowest BCUT2D eigenvalue weighted by molar-refractivity contribution is -0.585. The van der Waals surface area contributed by atoms with Gasteiger partial charge in [0.2, 0.25) is 17.4 Å². The molecule has 2 unspecified atom stereocenters. The number of aromatic nitrogens is 1. The predicted molar refractivity (Wildman–Crippen MR) is 130 cm³/mol. The van der Waals surface area contributed by atoms with Crippen LogP contribution in [-0.2, 0) is 35.0 Å². The van der Waals surface area contributed by atoms with Crippen molar-refractivity contribution in [3.63, 3.8) is 0 Å². The van der Waals surface area contributed by atoms with Gasteiger partial charge in [-0.1, -0.05) is 30.3 Å². The van der Waals surface area contributed by atoms with E-state index in [4.69, 9.17) is 23.7 Å². The van der Waals surface area contributed by atoms with Gasteiger partial charge >= 0.3 is 5.97 Å². The molecule has 2 aromatic rings. The summed E-state index contributed by atoms with van der Waals surface area (Å²) in [6.45, 7) is 10.7. The minimum atomic E-state index is -1.62. The lowest BCUT2D eigenvalue weighted by atomic mass is 9.59. The summed E-state index contributed by atoms with van der Waals surface area (Å²) in [6.07, 6.45) is 0.508. The molecular formula is C28H33NO8. The first-order valence-electron chi connectivity index (χ1n) is 12.7. The van der Waals surface area contributed by atoms with E-state index in [1.807, 2.05) is 22.8 Å². The summed E-state index contributed by atoms with van der Waals surface area (Å²) in [6, 6.07) is 12.6. The van der Waals surface area contributed by atoms with Crippen LogP contribution in [0.1, 0.15) is 75.6 Å². The Morgan fingerprint density at radius 1 is 0.946 bits per heavy atom. The van der Waals surface area contributed by atoms with E-state index < -0.39 is 46.1 Å². The molecule has 0 saturated carbocycles. The van der Waals surface area contributed by atoms with Gasteiger partial charge in [0.1, 0.15) is 12.2 Å². The summed E-state index contributed by atoms with van der Waals surface area (Å²) >= 11 is 0. The van der Waals surface area contributed by atoms with Crippen LogP contribution < -0.4 is 0 Å². The molecule has 0 amide bonds. The molecule has 4 fully saturated rings. The molecule has 7 rings (SSSR count). The summed E-state index contributed by atoms with van der Waals surface area (Å²) in [4.78, 5) is 26.3. The SMILES string of the molecule is CC1(C)OC2(C)[C@@](C)(O1)OC1(COC(=O)[C@H]3CCn4c(C(=O)c5ccccc5)ccc43)O[C@]2(C)[C@@]1(C)O. The van der Waals surface area contributed by atoms with E-state index in [9.17, 15) is 14.7 Å². The minimum Gasteiger partial charge on any atom is -0.459 e. The maximum atomic E-state index is 13.3. The molecule has 0 spiro atoms. The van der Waals surface area contributed by atoms with Gasteiger partial charge in [-0.05, 0) is 60.1 Å². The zero-order chi connectivity index (χ0) is 26.6. The summed E-state index contributed by atoms with van der Waals surface area (Å²) in [7, 11) is 0. The Bertz CT molecular complexity index is 1300. The van der Waals surface area contributed by atoms with Gasteiger partial charge in [0.25, 0.3) is 0 Å². The van der Waals surface area contributed by atoms with Gasteiger partial charge in [-0.15, -0.1) is 0 Å². The summed E-state index contributed by atoms with van der Waals surface area (Å²) in [5.41, 5.74) is -1.97. The van der Waals surface area contributed by atoms with Crippen LogP contribution in [-0.4, -0.2) is 62.2 Å². The van der Waals surface area contributed by atoms with Gasteiger partial charge < -0.3 is 33.4 Å². The van der Waals surface area contributed by atoms with E-state index in [0.29, 0.717) is 24.2 Å². The van der Waals surface area contributed by atoms with Crippen LogP contribution >= 0.6 is 0 Å². The predicted octanol–water partition coefficient (Wildman–Crippen LogP) is 3.27.